The zero-order valence-electron chi connectivity index (χ0n) is 11.6. The number of nitrogen functional groups attached to an aromatic ring is 1. The van der Waals surface area contributed by atoms with Gasteiger partial charge in [0, 0.05) is 7.05 Å². The second-order valence-corrected chi connectivity index (χ2v) is 4.53. The molecule has 0 bridgehead atoms. The van der Waals surface area contributed by atoms with Crippen molar-refractivity contribution in [1.29, 1.82) is 5.26 Å². The van der Waals surface area contributed by atoms with Crippen molar-refractivity contribution in [3.05, 3.63) is 40.7 Å². The van der Waals surface area contributed by atoms with Crippen LogP contribution in [0.5, 0.6) is 0 Å². The molecule has 0 saturated carbocycles. The standard InChI is InChI=1S/C14H15N5O/c1-8-5-4-6-11(10(8)7-15)17-14(20)13-12(16)9(2)18-19(13)3/h4-6H,16H2,1-3H3,(H,17,20). The number of nitrogens with one attached hydrogen (secondary N) is 1. The van der Waals surface area contributed by atoms with Crippen LogP contribution in [0.4, 0.5) is 11.4 Å². The van der Waals surface area contributed by atoms with Crippen LogP contribution in [0.3, 0.4) is 0 Å². The van der Waals surface area contributed by atoms with Gasteiger partial charge in [-0.2, -0.15) is 10.4 Å². The predicted octanol–water partition coefficient (Wildman–Crippen LogP) is 1.74. The molecule has 1 heterocycles. The number of hydrogen-bond donors (Lipinski definition) is 2. The lowest BCUT2D eigenvalue weighted by molar-refractivity contribution is 0.101. The van der Waals surface area contributed by atoms with Gasteiger partial charge < -0.3 is 11.1 Å². The van der Waals surface area contributed by atoms with E-state index in [9.17, 15) is 4.79 Å². The summed E-state index contributed by atoms with van der Waals surface area (Å²) < 4.78 is 1.43. The van der Waals surface area contributed by atoms with Crippen molar-refractivity contribution in [3.63, 3.8) is 0 Å². The quantitative estimate of drug-likeness (QED) is 0.867. The van der Waals surface area contributed by atoms with Crippen LogP contribution >= 0.6 is 0 Å². The van der Waals surface area contributed by atoms with E-state index < -0.39 is 0 Å². The zero-order valence-corrected chi connectivity index (χ0v) is 11.6. The molecule has 3 N–H and O–H groups in total. The average molecular weight is 269 g/mol. The van der Waals surface area contributed by atoms with E-state index in [1.807, 2.05) is 13.0 Å². The van der Waals surface area contributed by atoms with E-state index in [1.54, 1.807) is 26.1 Å². The Morgan fingerprint density at radius 2 is 2.15 bits per heavy atom. The molecule has 0 spiro atoms. The van der Waals surface area contributed by atoms with Gasteiger partial charge >= 0.3 is 0 Å². The lowest BCUT2D eigenvalue weighted by Gasteiger charge is -2.09. The summed E-state index contributed by atoms with van der Waals surface area (Å²) in [6, 6.07) is 7.37. The first-order valence-corrected chi connectivity index (χ1v) is 6.05. The minimum atomic E-state index is -0.382. The fraction of sp³-hybridized carbons (Fsp3) is 0.214. The molecular weight excluding hydrogens is 254 g/mol. The SMILES string of the molecule is Cc1cccc(NC(=O)c2c(N)c(C)nn2C)c1C#N. The van der Waals surface area contributed by atoms with Gasteiger partial charge in [0.1, 0.15) is 11.8 Å². The van der Waals surface area contributed by atoms with Crippen molar-refractivity contribution in [2.75, 3.05) is 11.1 Å². The summed E-state index contributed by atoms with van der Waals surface area (Å²) in [5, 5.41) is 16.0. The van der Waals surface area contributed by atoms with Crippen LogP contribution in [0.25, 0.3) is 0 Å². The first-order valence-electron chi connectivity index (χ1n) is 6.05. The molecule has 102 valence electrons. The molecule has 0 fully saturated rings. The van der Waals surface area contributed by atoms with E-state index in [4.69, 9.17) is 11.0 Å². The minimum absolute atomic E-state index is 0.285. The third-order valence-corrected chi connectivity index (χ3v) is 3.12. The summed E-state index contributed by atoms with van der Waals surface area (Å²) in [7, 11) is 1.65. The van der Waals surface area contributed by atoms with E-state index in [2.05, 4.69) is 16.5 Å². The van der Waals surface area contributed by atoms with E-state index >= 15 is 0 Å². The maximum absolute atomic E-state index is 12.3. The Bertz CT molecular complexity index is 724. The third-order valence-electron chi connectivity index (χ3n) is 3.12. The van der Waals surface area contributed by atoms with E-state index in [0.29, 0.717) is 22.6 Å². The summed E-state index contributed by atoms with van der Waals surface area (Å²) in [6.07, 6.45) is 0. The van der Waals surface area contributed by atoms with Crippen LogP contribution in [0.15, 0.2) is 18.2 Å². The van der Waals surface area contributed by atoms with Gasteiger partial charge in [-0.15, -0.1) is 0 Å². The Morgan fingerprint density at radius 3 is 2.70 bits per heavy atom. The largest absolute Gasteiger partial charge is 0.395 e. The summed E-state index contributed by atoms with van der Waals surface area (Å²) in [5.74, 6) is -0.382. The number of nitrogens with zero attached hydrogens (tertiary/aromatic N) is 3. The second kappa shape index (κ2) is 5.05. The number of nitrogens with two attached hydrogens (primary N) is 1. The lowest BCUT2D eigenvalue weighted by Crippen LogP contribution is -2.18. The summed E-state index contributed by atoms with van der Waals surface area (Å²) in [4.78, 5) is 12.3. The fourth-order valence-corrected chi connectivity index (χ4v) is 2.05. The van der Waals surface area contributed by atoms with Crippen molar-refractivity contribution in [1.82, 2.24) is 9.78 Å². The topological polar surface area (TPSA) is 96.7 Å². The molecule has 0 aliphatic rings. The van der Waals surface area contributed by atoms with Gasteiger partial charge in [0.15, 0.2) is 0 Å². The molecule has 2 aromatic rings. The highest BCUT2D eigenvalue weighted by molar-refractivity contribution is 6.07. The molecular formula is C14H15N5O. The summed E-state index contributed by atoms with van der Waals surface area (Å²) >= 11 is 0. The molecule has 0 unspecified atom stereocenters. The number of benzene rings is 1. The number of aryl methyl sites for hydroxylation is 3. The van der Waals surface area contributed by atoms with Gasteiger partial charge in [-0.1, -0.05) is 12.1 Å². The Kier molecular flexibility index (Phi) is 3.44. The van der Waals surface area contributed by atoms with Gasteiger partial charge in [-0.3, -0.25) is 9.48 Å². The molecule has 1 aromatic heterocycles. The Morgan fingerprint density at radius 1 is 1.45 bits per heavy atom. The van der Waals surface area contributed by atoms with Gasteiger partial charge in [0.05, 0.1) is 22.6 Å². The predicted molar refractivity (Wildman–Crippen MR) is 76.2 cm³/mol. The lowest BCUT2D eigenvalue weighted by atomic mass is 10.1. The Balaban J connectivity index is 2.39. The molecule has 0 saturated heterocycles. The van der Waals surface area contributed by atoms with Gasteiger partial charge in [0.25, 0.3) is 5.91 Å². The monoisotopic (exact) mass is 269 g/mol. The minimum Gasteiger partial charge on any atom is -0.395 e. The number of carbonyl (C=O) groups is 1. The molecule has 0 radical (unpaired) electrons. The maximum atomic E-state index is 12.3. The molecule has 6 nitrogen and oxygen atoms in total. The number of anilines is 2. The van der Waals surface area contributed by atoms with Gasteiger partial charge in [0.2, 0.25) is 0 Å². The summed E-state index contributed by atoms with van der Waals surface area (Å²) in [5.41, 5.74) is 8.79. The highest BCUT2D eigenvalue weighted by Crippen LogP contribution is 2.21. The number of rotatable bonds is 2. The van der Waals surface area contributed by atoms with Crippen LogP contribution in [-0.4, -0.2) is 15.7 Å². The van der Waals surface area contributed by atoms with Gasteiger partial charge in [-0.05, 0) is 25.5 Å². The first-order chi connectivity index (χ1) is 9.45. The summed E-state index contributed by atoms with van der Waals surface area (Å²) in [6.45, 7) is 3.55. The van der Waals surface area contributed by atoms with Crippen molar-refractivity contribution in [2.24, 2.45) is 7.05 Å². The van der Waals surface area contributed by atoms with E-state index in [-0.39, 0.29) is 11.6 Å². The molecule has 0 atom stereocenters. The van der Waals surface area contributed by atoms with Crippen LogP contribution in [0.1, 0.15) is 27.3 Å². The highest BCUT2D eigenvalue weighted by Gasteiger charge is 2.19. The Hall–Kier alpha value is -2.81. The van der Waals surface area contributed by atoms with E-state index in [0.717, 1.165) is 5.56 Å². The molecule has 0 aliphatic heterocycles. The highest BCUT2D eigenvalue weighted by atomic mass is 16.2. The number of nitriles is 1. The van der Waals surface area contributed by atoms with Gasteiger partial charge in [-0.25, -0.2) is 0 Å². The average Bonchev–Trinajstić information content (AvgIpc) is 2.63. The first kappa shape index (κ1) is 13.6. The van der Waals surface area contributed by atoms with Crippen molar-refractivity contribution >= 4 is 17.3 Å². The smallest absolute Gasteiger partial charge is 0.276 e. The fourth-order valence-electron chi connectivity index (χ4n) is 2.05. The molecule has 1 amide bonds. The third kappa shape index (κ3) is 2.21. The number of aromatic nitrogens is 2. The van der Waals surface area contributed by atoms with E-state index in [1.165, 1.54) is 4.68 Å². The molecule has 2 rings (SSSR count). The van der Waals surface area contributed by atoms with Crippen LogP contribution in [-0.2, 0) is 7.05 Å². The molecule has 1 aromatic carbocycles. The van der Waals surface area contributed by atoms with Crippen molar-refractivity contribution < 1.29 is 4.79 Å². The Labute approximate surface area is 116 Å². The molecule has 0 aliphatic carbocycles. The number of amides is 1. The van der Waals surface area contributed by atoms with Crippen LogP contribution in [0, 0.1) is 25.2 Å². The molecule has 6 heteroatoms. The second-order valence-electron chi connectivity index (χ2n) is 4.53. The van der Waals surface area contributed by atoms with Crippen LogP contribution < -0.4 is 11.1 Å². The number of hydrogen-bond acceptors (Lipinski definition) is 4. The van der Waals surface area contributed by atoms with Crippen LogP contribution in [0.2, 0.25) is 0 Å². The zero-order chi connectivity index (χ0) is 14.9. The maximum Gasteiger partial charge on any atom is 0.276 e. The normalized spacial score (nSPS) is 10.1. The van der Waals surface area contributed by atoms with Crippen molar-refractivity contribution in [3.8, 4) is 6.07 Å². The van der Waals surface area contributed by atoms with Crippen molar-refractivity contribution in [2.45, 2.75) is 13.8 Å². The number of carbonyl (C=O) groups excluding carboxylic acids is 1. The molecule has 20 heavy (non-hydrogen) atoms.